The van der Waals surface area contributed by atoms with E-state index in [1.165, 1.54) is 5.56 Å². The molecule has 1 fully saturated rings. The van der Waals surface area contributed by atoms with Crippen molar-refractivity contribution in [2.24, 2.45) is 5.10 Å². The molecule has 0 unspecified atom stereocenters. The summed E-state index contributed by atoms with van der Waals surface area (Å²) in [7, 11) is 0. The quantitative estimate of drug-likeness (QED) is 0.401. The minimum absolute atomic E-state index is 0.223. The number of nitrogens with zero attached hydrogens (tertiary/aromatic N) is 2. The molecule has 0 bridgehead atoms. The third-order valence-electron chi connectivity index (χ3n) is 4.75. The summed E-state index contributed by atoms with van der Waals surface area (Å²) in [5.74, 6) is 0.621. The number of hydrogen-bond donors (Lipinski definition) is 1. The van der Waals surface area contributed by atoms with Crippen LogP contribution in [-0.4, -0.2) is 49.9 Å². The normalized spacial score (nSPS) is 14.8. The summed E-state index contributed by atoms with van der Waals surface area (Å²) in [6, 6.07) is 15.3. The van der Waals surface area contributed by atoms with Crippen LogP contribution in [0, 0.1) is 0 Å². The molecule has 0 radical (unpaired) electrons. The van der Waals surface area contributed by atoms with E-state index in [9.17, 15) is 4.79 Å². The highest BCUT2D eigenvalue weighted by Gasteiger charge is 2.11. The number of morpholine rings is 1. The molecule has 0 saturated carbocycles. The first kappa shape index (κ1) is 21.0. The van der Waals surface area contributed by atoms with Gasteiger partial charge in [0, 0.05) is 25.2 Å². The fraction of sp³-hybridized carbons (Fsp3) is 0.391. The van der Waals surface area contributed by atoms with Gasteiger partial charge in [0.2, 0.25) is 0 Å². The average Bonchev–Trinajstić information content (AvgIpc) is 2.76. The van der Waals surface area contributed by atoms with Gasteiger partial charge >= 0.3 is 0 Å². The van der Waals surface area contributed by atoms with Crippen molar-refractivity contribution in [3.63, 3.8) is 0 Å². The molecule has 2 aromatic rings. The van der Waals surface area contributed by atoms with Gasteiger partial charge in [-0.1, -0.05) is 25.5 Å². The summed E-state index contributed by atoms with van der Waals surface area (Å²) < 4.78 is 11.0. The third kappa shape index (κ3) is 7.00. The molecule has 3 rings (SSSR count). The van der Waals surface area contributed by atoms with E-state index in [1.54, 1.807) is 6.21 Å². The average molecular weight is 396 g/mol. The third-order valence-corrected chi connectivity index (χ3v) is 4.75. The summed E-state index contributed by atoms with van der Waals surface area (Å²) in [6.45, 7) is 7.20. The molecule has 1 amide bonds. The predicted octanol–water partition coefficient (Wildman–Crippen LogP) is 3.46. The Labute approximate surface area is 172 Å². The van der Waals surface area contributed by atoms with Crippen LogP contribution in [0.25, 0.3) is 0 Å². The zero-order chi connectivity index (χ0) is 20.3. The molecule has 0 atom stereocenters. The van der Waals surface area contributed by atoms with E-state index in [0.29, 0.717) is 5.56 Å². The van der Waals surface area contributed by atoms with Gasteiger partial charge in [-0.15, -0.1) is 0 Å². The molecule has 0 spiro atoms. The zero-order valence-corrected chi connectivity index (χ0v) is 17.0. The molecular weight excluding hydrogens is 366 g/mol. The van der Waals surface area contributed by atoms with Gasteiger partial charge in [0.05, 0.1) is 26.0 Å². The van der Waals surface area contributed by atoms with Crippen molar-refractivity contribution in [2.75, 3.05) is 32.9 Å². The molecule has 6 nitrogen and oxygen atoms in total. The molecule has 0 aromatic heterocycles. The Bertz CT molecular complexity index is 782. The van der Waals surface area contributed by atoms with Gasteiger partial charge in [-0.3, -0.25) is 9.69 Å². The SMILES string of the molecule is CCCCOc1ccc(/C=N\NC(=O)c2ccc(CN3CCOCC3)cc2)cc1. The van der Waals surface area contributed by atoms with E-state index in [1.807, 2.05) is 48.5 Å². The van der Waals surface area contributed by atoms with Gasteiger partial charge in [-0.2, -0.15) is 5.10 Å². The molecule has 1 aliphatic heterocycles. The molecule has 1 heterocycles. The molecular formula is C23H29N3O3. The number of benzene rings is 2. The van der Waals surface area contributed by atoms with Crippen molar-refractivity contribution in [3.8, 4) is 5.75 Å². The van der Waals surface area contributed by atoms with Crippen LogP contribution in [0.4, 0.5) is 0 Å². The summed E-state index contributed by atoms with van der Waals surface area (Å²) >= 11 is 0. The van der Waals surface area contributed by atoms with Crippen LogP contribution in [0.2, 0.25) is 0 Å². The second-order valence-electron chi connectivity index (χ2n) is 7.06. The van der Waals surface area contributed by atoms with Gasteiger partial charge in [-0.25, -0.2) is 5.43 Å². The molecule has 1 saturated heterocycles. The lowest BCUT2D eigenvalue weighted by Gasteiger charge is -2.26. The van der Waals surface area contributed by atoms with Crippen LogP contribution in [0.5, 0.6) is 5.75 Å². The van der Waals surface area contributed by atoms with Crippen LogP contribution >= 0.6 is 0 Å². The summed E-state index contributed by atoms with van der Waals surface area (Å²) in [4.78, 5) is 14.6. The van der Waals surface area contributed by atoms with Crippen LogP contribution in [0.3, 0.4) is 0 Å². The highest BCUT2D eigenvalue weighted by molar-refractivity contribution is 5.94. The Morgan fingerprint density at radius 3 is 2.55 bits per heavy atom. The maximum absolute atomic E-state index is 12.3. The van der Waals surface area contributed by atoms with E-state index in [4.69, 9.17) is 9.47 Å². The lowest BCUT2D eigenvalue weighted by Crippen LogP contribution is -2.35. The highest BCUT2D eigenvalue weighted by atomic mass is 16.5. The lowest BCUT2D eigenvalue weighted by molar-refractivity contribution is 0.0342. The van der Waals surface area contributed by atoms with E-state index >= 15 is 0 Å². The molecule has 6 heteroatoms. The molecule has 154 valence electrons. The smallest absolute Gasteiger partial charge is 0.271 e. The number of hydrogen-bond acceptors (Lipinski definition) is 5. The number of hydrazone groups is 1. The number of unbranched alkanes of at least 4 members (excludes halogenated alkanes) is 1. The Balaban J connectivity index is 1.45. The minimum atomic E-state index is -0.223. The predicted molar refractivity (Wildman–Crippen MR) is 114 cm³/mol. The number of amides is 1. The Hall–Kier alpha value is -2.70. The summed E-state index contributed by atoms with van der Waals surface area (Å²) in [5, 5.41) is 4.05. The summed E-state index contributed by atoms with van der Waals surface area (Å²) in [5.41, 5.74) is 5.25. The lowest BCUT2D eigenvalue weighted by atomic mass is 10.1. The molecule has 1 N–H and O–H groups in total. The maximum atomic E-state index is 12.3. The van der Waals surface area contributed by atoms with Gasteiger partial charge < -0.3 is 9.47 Å². The van der Waals surface area contributed by atoms with Crippen LogP contribution in [0.1, 0.15) is 41.3 Å². The monoisotopic (exact) mass is 395 g/mol. The zero-order valence-electron chi connectivity index (χ0n) is 17.0. The van der Waals surface area contributed by atoms with Gasteiger partial charge in [-0.05, 0) is 53.9 Å². The number of carbonyl (C=O) groups is 1. The van der Waals surface area contributed by atoms with Crippen LogP contribution in [-0.2, 0) is 11.3 Å². The molecule has 0 aliphatic carbocycles. The standard InChI is InChI=1S/C23H29N3O3/c1-2-3-14-29-22-10-6-19(7-11-22)17-24-25-23(27)21-8-4-20(5-9-21)18-26-12-15-28-16-13-26/h4-11,17H,2-3,12-16,18H2,1H3,(H,25,27)/b24-17-. The van der Waals surface area contributed by atoms with E-state index in [-0.39, 0.29) is 5.91 Å². The van der Waals surface area contributed by atoms with Crippen LogP contribution in [0.15, 0.2) is 53.6 Å². The number of carbonyl (C=O) groups excluding carboxylic acids is 1. The maximum Gasteiger partial charge on any atom is 0.271 e. The fourth-order valence-corrected chi connectivity index (χ4v) is 2.99. The van der Waals surface area contributed by atoms with Crippen molar-refractivity contribution in [3.05, 3.63) is 65.2 Å². The van der Waals surface area contributed by atoms with Gasteiger partial charge in [0.25, 0.3) is 5.91 Å². The Morgan fingerprint density at radius 1 is 1.14 bits per heavy atom. The molecule has 1 aliphatic rings. The number of ether oxygens (including phenoxy) is 2. The van der Waals surface area contributed by atoms with E-state index in [2.05, 4.69) is 22.4 Å². The largest absolute Gasteiger partial charge is 0.494 e. The first-order valence-corrected chi connectivity index (χ1v) is 10.2. The van der Waals surface area contributed by atoms with Gasteiger partial charge in [0.15, 0.2) is 0 Å². The second kappa shape index (κ2) is 11.3. The minimum Gasteiger partial charge on any atom is -0.494 e. The van der Waals surface area contributed by atoms with Crippen LogP contribution < -0.4 is 10.2 Å². The molecule has 2 aromatic carbocycles. The Morgan fingerprint density at radius 2 is 1.86 bits per heavy atom. The van der Waals surface area contributed by atoms with Crippen molar-refractivity contribution in [2.45, 2.75) is 26.3 Å². The second-order valence-corrected chi connectivity index (χ2v) is 7.06. The Kier molecular flexibility index (Phi) is 8.22. The number of rotatable bonds is 9. The van der Waals surface area contributed by atoms with Gasteiger partial charge in [0.1, 0.15) is 5.75 Å². The fourth-order valence-electron chi connectivity index (χ4n) is 2.99. The van der Waals surface area contributed by atoms with E-state index in [0.717, 1.165) is 63.6 Å². The van der Waals surface area contributed by atoms with E-state index < -0.39 is 0 Å². The first-order chi connectivity index (χ1) is 14.2. The highest BCUT2D eigenvalue weighted by Crippen LogP contribution is 2.12. The topological polar surface area (TPSA) is 63.2 Å². The van der Waals surface area contributed by atoms with Crippen molar-refractivity contribution >= 4 is 12.1 Å². The first-order valence-electron chi connectivity index (χ1n) is 10.2. The van der Waals surface area contributed by atoms with Crippen molar-refractivity contribution < 1.29 is 14.3 Å². The van der Waals surface area contributed by atoms with Crippen molar-refractivity contribution in [1.29, 1.82) is 0 Å². The number of nitrogens with one attached hydrogen (secondary N) is 1. The summed E-state index contributed by atoms with van der Waals surface area (Å²) in [6.07, 6.45) is 3.78. The molecule has 29 heavy (non-hydrogen) atoms. The van der Waals surface area contributed by atoms with Crippen molar-refractivity contribution in [1.82, 2.24) is 10.3 Å².